The fraction of sp³-hybridized carbons (Fsp3) is 0.231. The minimum Gasteiger partial charge on any atom is -0.462 e. The van der Waals surface area contributed by atoms with Crippen molar-refractivity contribution in [3.05, 3.63) is 41.2 Å². The first-order valence-electron chi connectivity index (χ1n) is 5.66. The third-order valence-electron chi connectivity index (χ3n) is 2.57. The quantitative estimate of drug-likeness (QED) is 0.468. The van der Waals surface area contributed by atoms with Gasteiger partial charge in [-0.3, -0.25) is 0 Å². The molecule has 2 rings (SSSR count). The summed E-state index contributed by atoms with van der Waals surface area (Å²) in [4.78, 5) is 11.6. The molecule has 0 radical (unpaired) electrons. The largest absolute Gasteiger partial charge is 0.462 e. The highest BCUT2D eigenvalue weighted by atomic mass is 16.5. The summed E-state index contributed by atoms with van der Waals surface area (Å²) >= 11 is 0. The van der Waals surface area contributed by atoms with E-state index in [1.807, 2.05) is 30.3 Å². The number of esters is 1. The minimum atomic E-state index is -0.616. The number of anilines is 1. The number of nitriles is 1. The van der Waals surface area contributed by atoms with Crippen LogP contribution in [-0.4, -0.2) is 12.6 Å². The number of carbonyl (C=O) groups is 1. The van der Waals surface area contributed by atoms with E-state index in [9.17, 15) is 4.79 Å². The molecule has 1 aliphatic rings. The topological polar surface area (TPSA) is 74.2 Å². The Balaban J connectivity index is 2.30. The number of hydrogen-bond acceptors (Lipinski definition) is 5. The lowest BCUT2D eigenvalue weighted by molar-refractivity contribution is -0.138. The molecule has 0 saturated carbocycles. The Morgan fingerprint density at radius 3 is 3.00 bits per heavy atom. The number of ether oxygens (including phenoxy) is 1. The lowest BCUT2D eigenvalue weighted by Gasteiger charge is -2.23. The number of fused-ring (bicyclic) bond motifs is 1. The number of hydrogen-bond donors (Lipinski definition) is 2. The molecule has 0 aromatic heterocycles. The van der Waals surface area contributed by atoms with Crippen molar-refractivity contribution >= 4 is 11.7 Å². The Kier molecular flexibility index (Phi) is 3.49. The smallest absolute Gasteiger partial charge is 0.352 e. The Morgan fingerprint density at radius 2 is 2.28 bits per heavy atom. The van der Waals surface area contributed by atoms with Gasteiger partial charge in [0.05, 0.1) is 6.61 Å². The summed E-state index contributed by atoms with van der Waals surface area (Å²) in [5.74, 6) is -0.218. The molecule has 0 unspecified atom stereocenters. The van der Waals surface area contributed by atoms with Gasteiger partial charge in [-0.05, 0) is 18.6 Å². The average Bonchev–Trinajstić information content (AvgIpc) is 2.40. The molecule has 1 aromatic carbocycles. The highest BCUT2D eigenvalue weighted by Gasteiger charge is 2.20. The predicted octanol–water partition coefficient (Wildman–Crippen LogP) is 1.50. The summed E-state index contributed by atoms with van der Waals surface area (Å²) in [7, 11) is 0. The zero-order chi connectivity index (χ0) is 13.0. The Labute approximate surface area is 105 Å². The second-order valence-electron chi connectivity index (χ2n) is 3.72. The van der Waals surface area contributed by atoms with Gasteiger partial charge in [-0.2, -0.15) is 5.26 Å². The summed E-state index contributed by atoms with van der Waals surface area (Å²) in [5, 5.41) is 15.1. The maximum Gasteiger partial charge on any atom is 0.352 e. The van der Waals surface area contributed by atoms with Crippen molar-refractivity contribution in [3.8, 4) is 6.07 Å². The molecule has 0 fully saturated rings. The van der Waals surface area contributed by atoms with Crippen molar-refractivity contribution in [2.75, 3.05) is 11.9 Å². The van der Waals surface area contributed by atoms with Crippen LogP contribution in [0.2, 0.25) is 0 Å². The molecule has 0 atom stereocenters. The normalized spacial score (nSPS) is 15.6. The van der Waals surface area contributed by atoms with Crippen LogP contribution in [-0.2, 0) is 16.1 Å². The number of nitrogens with one attached hydrogen (secondary N) is 2. The van der Waals surface area contributed by atoms with E-state index < -0.39 is 5.97 Å². The summed E-state index contributed by atoms with van der Waals surface area (Å²) < 4.78 is 4.84. The Hall–Kier alpha value is -2.48. The van der Waals surface area contributed by atoms with Crippen molar-refractivity contribution in [1.29, 1.82) is 5.26 Å². The molecular formula is C13H13N3O2. The van der Waals surface area contributed by atoms with Gasteiger partial charge >= 0.3 is 5.97 Å². The van der Waals surface area contributed by atoms with Gasteiger partial charge < -0.3 is 15.4 Å². The maximum atomic E-state index is 11.6. The highest BCUT2D eigenvalue weighted by molar-refractivity contribution is 5.94. The second kappa shape index (κ2) is 5.23. The van der Waals surface area contributed by atoms with Gasteiger partial charge in [0.2, 0.25) is 0 Å². The van der Waals surface area contributed by atoms with Crippen molar-refractivity contribution in [2.24, 2.45) is 0 Å². The second-order valence-corrected chi connectivity index (χ2v) is 3.72. The standard InChI is InChI=1S/C13H13N3O2/c1-2-18-13(17)10(7-14)12-15-8-9-5-3-4-6-11(9)16-12/h3-6,15-16H,2,8H2,1H3. The van der Waals surface area contributed by atoms with E-state index in [1.54, 1.807) is 6.92 Å². The molecule has 0 saturated heterocycles. The number of benzene rings is 1. The van der Waals surface area contributed by atoms with E-state index in [2.05, 4.69) is 10.6 Å². The summed E-state index contributed by atoms with van der Waals surface area (Å²) in [6, 6.07) is 9.57. The van der Waals surface area contributed by atoms with E-state index in [0.29, 0.717) is 12.4 Å². The van der Waals surface area contributed by atoms with Crippen LogP contribution in [0.1, 0.15) is 12.5 Å². The third kappa shape index (κ3) is 2.28. The lowest BCUT2D eigenvalue weighted by Crippen LogP contribution is -2.29. The van der Waals surface area contributed by atoms with Crippen LogP contribution in [0.25, 0.3) is 0 Å². The summed E-state index contributed by atoms with van der Waals surface area (Å²) in [5.41, 5.74) is 1.94. The van der Waals surface area contributed by atoms with Gasteiger partial charge in [0.15, 0.2) is 5.57 Å². The summed E-state index contributed by atoms with van der Waals surface area (Å²) in [6.07, 6.45) is 0. The van der Waals surface area contributed by atoms with Crippen molar-refractivity contribution in [3.63, 3.8) is 0 Å². The number of nitrogens with zero attached hydrogens (tertiary/aromatic N) is 1. The molecule has 0 spiro atoms. The van der Waals surface area contributed by atoms with E-state index in [0.717, 1.165) is 11.3 Å². The third-order valence-corrected chi connectivity index (χ3v) is 2.57. The Bertz CT molecular complexity index is 543. The van der Waals surface area contributed by atoms with Crippen molar-refractivity contribution in [2.45, 2.75) is 13.5 Å². The van der Waals surface area contributed by atoms with Gasteiger partial charge in [-0.25, -0.2) is 4.79 Å². The molecule has 0 aliphatic carbocycles. The average molecular weight is 243 g/mol. The molecule has 0 amide bonds. The maximum absolute atomic E-state index is 11.6. The zero-order valence-corrected chi connectivity index (χ0v) is 9.99. The molecule has 1 heterocycles. The molecule has 18 heavy (non-hydrogen) atoms. The van der Waals surface area contributed by atoms with E-state index in [-0.39, 0.29) is 12.2 Å². The van der Waals surface area contributed by atoms with Crippen molar-refractivity contribution in [1.82, 2.24) is 5.32 Å². The van der Waals surface area contributed by atoms with Crippen LogP contribution in [0.5, 0.6) is 0 Å². The first-order valence-corrected chi connectivity index (χ1v) is 5.66. The highest BCUT2D eigenvalue weighted by Crippen LogP contribution is 2.22. The van der Waals surface area contributed by atoms with E-state index in [4.69, 9.17) is 10.00 Å². The van der Waals surface area contributed by atoms with Gasteiger partial charge in [0, 0.05) is 12.2 Å². The van der Waals surface area contributed by atoms with Crippen LogP contribution < -0.4 is 10.6 Å². The molecule has 5 heteroatoms. The van der Waals surface area contributed by atoms with E-state index >= 15 is 0 Å². The molecule has 1 aromatic rings. The monoisotopic (exact) mass is 243 g/mol. The molecule has 5 nitrogen and oxygen atoms in total. The zero-order valence-electron chi connectivity index (χ0n) is 9.99. The number of para-hydroxylation sites is 1. The van der Waals surface area contributed by atoms with E-state index in [1.165, 1.54) is 0 Å². The molecule has 1 aliphatic heterocycles. The van der Waals surface area contributed by atoms with Crippen LogP contribution in [0.15, 0.2) is 35.7 Å². The fourth-order valence-corrected chi connectivity index (χ4v) is 1.72. The molecule has 0 bridgehead atoms. The van der Waals surface area contributed by atoms with Gasteiger partial charge in [0.1, 0.15) is 11.9 Å². The minimum absolute atomic E-state index is 0.0358. The Morgan fingerprint density at radius 1 is 1.50 bits per heavy atom. The number of rotatable bonds is 2. The first kappa shape index (κ1) is 12.0. The lowest BCUT2D eigenvalue weighted by atomic mass is 10.1. The van der Waals surface area contributed by atoms with Crippen LogP contribution >= 0.6 is 0 Å². The molecule has 2 N–H and O–H groups in total. The van der Waals surface area contributed by atoms with Gasteiger partial charge in [0.25, 0.3) is 0 Å². The van der Waals surface area contributed by atoms with Crippen LogP contribution in [0.4, 0.5) is 5.69 Å². The number of carbonyl (C=O) groups excluding carboxylic acids is 1. The predicted molar refractivity (Wildman–Crippen MR) is 66.2 cm³/mol. The first-order chi connectivity index (χ1) is 8.76. The van der Waals surface area contributed by atoms with Crippen LogP contribution in [0, 0.1) is 11.3 Å². The summed E-state index contributed by atoms with van der Waals surface area (Å²) in [6.45, 7) is 2.52. The molecule has 92 valence electrons. The fourth-order valence-electron chi connectivity index (χ4n) is 1.72. The van der Waals surface area contributed by atoms with Gasteiger partial charge in [-0.15, -0.1) is 0 Å². The van der Waals surface area contributed by atoms with Crippen molar-refractivity contribution < 1.29 is 9.53 Å². The SMILES string of the molecule is CCOC(=O)C(C#N)=C1NCc2ccccc2N1. The molecular weight excluding hydrogens is 230 g/mol. The van der Waals surface area contributed by atoms with Gasteiger partial charge in [-0.1, -0.05) is 18.2 Å². The van der Waals surface area contributed by atoms with Crippen LogP contribution in [0.3, 0.4) is 0 Å².